The summed E-state index contributed by atoms with van der Waals surface area (Å²) in [6.07, 6.45) is 5.27. The number of aromatic nitrogens is 2. The summed E-state index contributed by atoms with van der Waals surface area (Å²) in [7, 11) is 0. The second-order valence-corrected chi connectivity index (χ2v) is 6.68. The molecule has 136 valence electrons. The Morgan fingerprint density at radius 1 is 1.23 bits per heavy atom. The normalized spacial score (nSPS) is 15.5. The summed E-state index contributed by atoms with van der Waals surface area (Å²) in [4.78, 5) is 24.2. The Bertz CT molecular complexity index is 807. The number of carbonyl (C=O) groups is 1. The van der Waals surface area contributed by atoms with Crippen LogP contribution in [0, 0.1) is 11.3 Å². The van der Waals surface area contributed by atoms with Gasteiger partial charge >= 0.3 is 0 Å². The molecule has 0 bridgehead atoms. The Kier molecular flexibility index (Phi) is 6.00. The van der Waals surface area contributed by atoms with Crippen LogP contribution in [0.3, 0.4) is 0 Å². The van der Waals surface area contributed by atoms with E-state index in [9.17, 15) is 10.1 Å². The maximum absolute atomic E-state index is 12.6. The summed E-state index contributed by atoms with van der Waals surface area (Å²) in [6.45, 7) is 4.41. The number of amides is 1. The van der Waals surface area contributed by atoms with E-state index < -0.39 is 5.92 Å². The van der Waals surface area contributed by atoms with E-state index in [0.29, 0.717) is 23.6 Å². The minimum Gasteiger partial charge on any atom is -0.355 e. The first-order chi connectivity index (χ1) is 12.7. The number of carbonyl (C=O) groups excluding carboxylic acids is 1. The molecule has 2 heterocycles. The number of fused-ring (bicyclic) bond motifs is 1. The van der Waals surface area contributed by atoms with Crippen LogP contribution in [-0.4, -0.2) is 35.5 Å². The predicted molar refractivity (Wildman–Crippen MR) is 102 cm³/mol. The third kappa shape index (κ3) is 3.93. The number of nitriles is 1. The first-order valence-electron chi connectivity index (χ1n) is 9.43. The molecule has 1 aliphatic rings. The Labute approximate surface area is 154 Å². The molecule has 0 spiro atoms. The van der Waals surface area contributed by atoms with Crippen molar-refractivity contribution in [2.24, 2.45) is 0 Å². The second-order valence-electron chi connectivity index (χ2n) is 6.68. The first-order valence-corrected chi connectivity index (χ1v) is 9.43. The fraction of sp³-hybridized carbons (Fsp3) is 0.500. The van der Waals surface area contributed by atoms with Crippen LogP contribution in [0.25, 0.3) is 11.0 Å². The van der Waals surface area contributed by atoms with Crippen LogP contribution in [0.5, 0.6) is 0 Å². The zero-order valence-corrected chi connectivity index (χ0v) is 15.2. The summed E-state index contributed by atoms with van der Waals surface area (Å²) in [6, 6.07) is 9.76. The van der Waals surface area contributed by atoms with Crippen LogP contribution in [0.4, 0.5) is 5.82 Å². The van der Waals surface area contributed by atoms with Gasteiger partial charge in [0.2, 0.25) is 5.91 Å². The molecule has 1 atom stereocenters. The minimum atomic E-state index is -0.944. The maximum Gasteiger partial charge on any atom is 0.243 e. The van der Waals surface area contributed by atoms with Crippen LogP contribution < -0.4 is 10.2 Å². The Balaban J connectivity index is 2.00. The van der Waals surface area contributed by atoms with Gasteiger partial charge in [-0.25, -0.2) is 9.97 Å². The van der Waals surface area contributed by atoms with Gasteiger partial charge in [0.05, 0.1) is 17.1 Å². The molecule has 3 rings (SSSR count). The van der Waals surface area contributed by atoms with Gasteiger partial charge in [-0.1, -0.05) is 25.5 Å². The molecule has 0 unspecified atom stereocenters. The average Bonchev–Trinajstić information content (AvgIpc) is 2.69. The number of piperidine rings is 1. The van der Waals surface area contributed by atoms with Crippen molar-refractivity contribution in [2.45, 2.75) is 44.9 Å². The third-order valence-electron chi connectivity index (χ3n) is 4.73. The lowest BCUT2D eigenvalue weighted by atomic mass is 10.0. The zero-order chi connectivity index (χ0) is 18.4. The molecular weight excluding hydrogens is 326 g/mol. The number of hydrogen-bond acceptors (Lipinski definition) is 5. The van der Waals surface area contributed by atoms with Crippen molar-refractivity contribution < 1.29 is 4.79 Å². The molecule has 1 aromatic heterocycles. The molecule has 1 N–H and O–H groups in total. The standard InChI is InChI=1S/C20H25N5O/c1-2-3-11-22-20(26)15(14-21)18-19(25-12-7-4-8-13-25)24-17-10-6-5-9-16(17)23-18/h5-6,9-10,15H,2-4,7-8,11-13H2,1H3,(H,22,26)/t15-/m1/s1. The number of para-hydroxylation sites is 2. The molecule has 2 aromatic rings. The van der Waals surface area contributed by atoms with E-state index in [1.807, 2.05) is 24.3 Å². The molecule has 6 nitrogen and oxygen atoms in total. The highest BCUT2D eigenvalue weighted by atomic mass is 16.1. The van der Waals surface area contributed by atoms with Crippen LogP contribution in [-0.2, 0) is 4.79 Å². The molecule has 6 heteroatoms. The maximum atomic E-state index is 12.6. The van der Waals surface area contributed by atoms with Gasteiger partial charge in [-0.15, -0.1) is 0 Å². The van der Waals surface area contributed by atoms with Gasteiger partial charge in [0.25, 0.3) is 0 Å². The van der Waals surface area contributed by atoms with Crippen molar-refractivity contribution in [3.05, 3.63) is 30.0 Å². The fourth-order valence-corrected chi connectivity index (χ4v) is 3.27. The Morgan fingerprint density at radius 3 is 2.58 bits per heavy atom. The molecule has 0 aliphatic carbocycles. The van der Waals surface area contributed by atoms with E-state index in [1.54, 1.807) is 0 Å². The van der Waals surface area contributed by atoms with E-state index >= 15 is 0 Å². The number of nitrogens with one attached hydrogen (secondary N) is 1. The molecule has 26 heavy (non-hydrogen) atoms. The van der Waals surface area contributed by atoms with Crippen LogP contribution in [0.15, 0.2) is 24.3 Å². The number of hydrogen-bond donors (Lipinski definition) is 1. The number of anilines is 1. The molecular formula is C20H25N5O. The van der Waals surface area contributed by atoms with Crippen LogP contribution in [0.1, 0.15) is 50.6 Å². The van der Waals surface area contributed by atoms with Crippen molar-refractivity contribution in [1.29, 1.82) is 5.26 Å². The highest BCUT2D eigenvalue weighted by Gasteiger charge is 2.29. The highest BCUT2D eigenvalue weighted by Crippen LogP contribution is 2.29. The number of benzene rings is 1. The van der Waals surface area contributed by atoms with Gasteiger partial charge in [-0.05, 0) is 37.8 Å². The van der Waals surface area contributed by atoms with Crippen molar-refractivity contribution in [2.75, 3.05) is 24.5 Å². The Hall–Kier alpha value is -2.68. The lowest BCUT2D eigenvalue weighted by Crippen LogP contribution is -2.34. The van der Waals surface area contributed by atoms with E-state index in [2.05, 4.69) is 28.2 Å². The molecule has 0 saturated carbocycles. The largest absolute Gasteiger partial charge is 0.355 e. The van der Waals surface area contributed by atoms with Crippen molar-refractivity contribution in [1.82, 2.24) is 15.3 Å². The summed E-state index contributed by atoms with van der Waals surface area (Å²) >= 11 is 0. The fourth-order valence-electron chi connectivity index (χ4n) is 3.27. The zero-order valence-electron chi connectivity index (χ0n) is 15.2. The highest BCUT2D eigenvalue weighted by molar-refractivity contribution is 5.88. The summed E-state index contributed by atoms with van der Waals surface area (Å²) in [5.74, 6) is -0.551. The molecule has 1 fully saturated rings. The Morgan fingerprint density at radius 2 is 1.92 bits per heavy atom. The summed E-state index contributed by atoms with van der Waals surface area (Å²) in [5.41, 5.74) is 1.98. The summed E-state index contributed by atoms with van der Waals surface area (Å²) in [5, 5.41) is 12.6. The number of nitrogens with zero attached hydrogens (tertiary/aromatic N) is 4. The molecule has 1 amide bonds. The molecule has 1 aromatic carbocycles. The van der Waals surface area contributed by atoms with Crippen molar-refractivity contribution >= 4 is 22.8 Å². The smallest absolute Gasteiger partial charge is 0.243 e. The molecule has 1 aliphatic heterocycles. The predicted octanol–water partition coefficient (Wildman–Crippen LogP) is 3.14. The second kappa shape index (κ2) is 8.61. The first kappa shape index (κ1) is 18.1. The van der Waals surface area contributed by atoms with Gasteiger partial charge in [-0.2, -0.15) is 5.26 Å². The quantitative estimate of drug-likeness (QED) is 0.809. The van der Waals surface area contributed by atoms with Gasteiger partial charge in [0.1, 0.15) is 5.69 Å². The number of rotatable bonds is 6. The van der Waals surface area contributed by atoms with Crippen LogP contribution in [0.2, 0.25) is 0 Å². The van der Waals surface area contributed by atoms with Crippen molar-refractivity contribution in [3.8, 4) is 6.07 Å². The lowest BCUT2D eigenvalue weighted by molar-refractivity contribution is -0.121. The molecule has 1 saturated heterocycles. The number of unbranched alkanes of at least 4 members (excludes halogenated alkanes) is 1. The van der Waals surface area contributed by atoms with E-state index in [1.165, 1.54) is 6.42 Å². The van der Waals surface area contributed by atoms with Gasteiger partial charge in [0.15, 0.2) is 11.7 Å². The van der Waals surface area contributed by atoms with E-state index in [-0.39, 0.29) is 5.91 Å². The monoisotopic (exact) mass is 351 g/mol. The average molecular weight is 351 g/mol. The van der Waals surface area contributed by atoms with E-state index in [4.69, 9.17) is 4.98 Å². The minimum absolute atomic E-state index is 0.288. The topological polar surface area (TPSA) is 81.9 Å². The third-order valence-corrected chi connectivity index (χ3v) is 4.73. The summed E-state index contributed by atoms with van der Waals surface area (Å²) < 4.78 is 0. The molecule has 0 radical (unpaired) electrons. The van der Waals surface area contributed by atoms with Crippen molar-refractivity contribution in [3.63, 3.8) is 0 Å². The van der Waals surface area contributed by atoms with E-state index in [0.717, 1.165) is 44.3 Å². The van der Waals surface area contributed by atoms with Gasteiger partial charge in [-0.3, -0.25) is 4.79 Å². The SMILES string of the molecule is CCCCNC(=O)[C@H](C#N)c1nc2ccccc2nc1N1CCCCC1. The van der Waals surface area contributed by atoms with Gasteiger partial charge in [0, 0.05) is 19.6 Å². The van der Waals surface area contributed by atoms with Gasteiger partial charge < -0.3 is 10.2 Å². The van der Waals surface area contributed by atoms with Crippen LogP contribution >= 0.6 is 0 Å². The lowest BCUT2D eigenvalue weighted by Gasteiger charge is -2.29.